The van der Waals surface area contributed by atoms with Gasteiger partial charge in [-0.05, 0) is 24.3 Å². The highest BCUT2D eigenvalue weighted by atomic mass is 19.4. The number of nitrogens with two attached hydrogens (primary N) is 1. The molecular weight excluding hydrogens is 273 g/mol. The van der Waals surface area contributed by atoms with E-state index in [4.69, 9.17) is 11.1 Å². The van der Waals surface area contributed by atoms with Crippen molar-refractivity contribution >= 4 is 17.6 Å². The van der Waals surface area contributed by atoms with Crippen LogP contribution < -0.4 is 11.1 Å². The largest absolute Gasteiger partial charge is 0.416 e. The average Bonchev–Trinajstić information content (AvgIpc) is 2.35. The lowest BCUT2D eigenvalue weighted by atomic mass is 10.2. The van der Waals surface area contributed by atoms with E-state index in [2.05, 4.69) is 5.32 Å². The van der Waals surface area contributed by atoms with Crippen molar-refractivity contribution in [3.05, 3.63) is 29.8 Å². The quantitative estimate of drug-likeness (QED) is 0.587. The number of carbonyl (C=O) groups is 1. The molecule has 0 heterocycles. The number of amidine groups is 1. The van der Waals surface area contributed by atoms with E-state index in [1.54, 1.807) is 0 Å². The van der Waals surface area contributed by atoms with Crippen LogP contribution in [0.5, 0.6) is 0 Å². The zero-order valence-electron chi connectivity index (χ0n) is 10.8. The molecule has 0 aliphatic carbocycles. The minimum absolute atomic E-state index is 0.0424. The van der Waals surface area contributed by atoms with Crippen LogP contribution in [0.1, 0.15) is 12.0 Å². The Morgan fingerprint density at radius 1 is 1.35 bits per heavy atom. The van der Waals surface area contributed by atoms with E-state index in [1.807, 2.05) is 0 Å². The monoisotopic (exact) mass is 288 g/mol. The average molecular weight is 288 g/mol. The fourth-order valence-corrected chi connectivity index (χ4v) is 1.35. The second-order valence-electron chi connectivity index (χ2n) is 4.20. The summed E-state index contributed by atoms with van der Waals surface area (Å²) in [5.41, 5.74) is 4.65. The van der Waals surface area contributed by atoms with E-state index >= 15 is 0 Å². The Labute approximate surface area is 114 Å². The first kappa shape index (κ1) is 15.8. The Morgan fingerprint density at radius 2 is 1.90 bits per heavy atom. The zero-order chi connectivity index (χ0) is 15.3. The molecule has 0 saturated carbocycles. The number of nitrogens with zero attached hydrogens (tertiary/aromatic N) is 1. The standard InChI is InChI=1S/C12H15F3N4O/c1-19(7-6-10(16)17)11(20)18-9-4-2-8(3-5-9)12(13,14)15/h2-5H,6-7H2,1H3,(H3,16,17)(H,18,20). The molecule has 4 N–H and O–H groups in total. The van der Waals surface area contributed by atoms with Gasteiger partial charge in [0.1, 0.15) is 0 Å². The highest BCUT2D eigenvalue weighted by Gasteiger charge is 2.30. The maximum Gasteiger partial charge on any atom is 0.416 e. The molecule has 0 aliphatic heterocycles. The van der Waals surface area contributed by atoms with Crippen LogP contribution in [0.4, 0.5) is 23.7 Å². The normalized spacial score (nSPS) is 11.0. The number of benzene rings is 1. The van der Waals surface area contributed by atoms with Crippen molar-refractivity contribution in [1.29, 1.82) is 5.41 Å². The SMILES string of the molecule is CN(CCC(=N)N)C(=O)Nc1ccc(C(F)(F)F)cc1. The van der Waals surface area contributed by atoms with Crippen LogP contribution in [0.25, 0.3) is 0 Å². The summed E-state index contributed by atoms with van der Waals surface area (Å²) in [7, 11) is 1.50. The fourth-order valence-electron chi connectivity index (χ4n) is 1.35. The van der Waals surface area contributed by atoms with E-state index in [9.17, 15) is 18.0 Å². The number of alkyl halides is 3. The molecule has 5 nitrogen and oxygen atoms in total. The first-order valence-electron chi connectivity index (χ1n) is 5.72. The molecule has 0 aromatic heterocycles. The van der Waals surface area contributed by atoms with Gasteiger partial charge in [0.2, 0.25) is 0 Å². The summed E-state index contributed by atoms with van der Waals surface area (Å²) in [5.74, 6) is -0.0424. The summed E-state index contributed by atoms with van der Waals surface area (Å²) in [6, 6.07) is 3.67. The molecule has 0 bridgehead atoms. The van der Waals surface area contributed by atoms with Gasteiger partial charge in [-0.2, -0.15) is 13.2 Å². The number of carbonyl (C=O) groups excluding carboxylic acids is 1. The Balaban J connectivity index is 2.60. The molecule has 2 amide bonds. The minimum Gasteiger partial charge on any atom is -0.388 e. The van der Waals surface area contributed by atoms with E-state index in [0.717, 1.165) is 12.1 Å². The van der Waals surface area contributed by atoms with Gasteiger partial charge in [0, 0.05) is 25.7 Å². The smallest absolute Gasteiger partial charge is 0.388 e. The van der Waals surface area contributed by atoms with Gasteiger partial charge in [-0.3, -0.25) is 5.41 Å². The van der Waals surface area contributed by atoms with Crippen LogP contribution in [-0.4, -0.2) is 30.4 Å². The number of urea groups is 1. The first-order valence-corrected chi connectivity index (χ1v) is 5.72. The van der Waals surface area contributed by atoms with E-state index in [0.29, 0.717) is 0 Å². The molecule has 1 rings (SSSR count). The van der Waals surface area contributed by atoms with E-state index in [-0.39, 0.29) is 24.5 Å². The first-order chi connectivity index (χ1) is 9.20. The van der Waals surface area contributed by atoms with Crippen molar-refractivity contribution in [1.82, 2.24) is 4.90 Å². The Hall–Kier alpha value is -2.25. The van der Waals surface area contributed by atoms with Crippen LogP contribution in [0.2, 0.25) is 0 Å². The molecule has 0 atom stereocenters. The molecule has 0 saturated heterocycles. The molecule has 0 aliphatic rings. The molecule has 20 heavy (non-hydrogen) atoms. The van der Waals surface area contributed by atoms with Gasteiger partial charge < -0.3 is 16.0 Å². The molecular formula is C12H15F3N4O. The molecule has 0 spiro atoms. The van der Waals surface area contributed by atoms with Gasteiger partial charge in [0.15, 0.2) is 0 Å². The van der Waals surface area contributed by atoms with Gasteiger partial charge in [0.25, 0.3) is 0 Å². The number of amides is 2. The number of hydrogen-bond acceptors (Lipinski definition) is 2. The second-order valence-corrected chi connectivity index (χ2v) is 4.20. The van der Waals surface area contributed by atoms with Crippen LogP contribution in [0.15, 0.2) is 24.3 Å². The van der Waals surface area contributed by atoms with Crippen molar-refractivity contribution in [3.63, 3.8) is 0 Å². The topological polar surface area (TPSA) is 82.2 Å². The number of hydrogen-bond donors (Lipinski definition) is 3. The van der Waals surface area contributed by atoms with Crippen molar-refractivity contribution < 1.29 is 18.0 Å². The van der Waals surface area contributed by atoms with Crippen molar-refractivity contribution in [2.45, 2.75) is 12.6 Å². The predicted molar refractivity (Wildman–Crippen MR) is 69.6 cm³/mol. The molecule has 0 fully saturated rings. The lowest BCUT2D eigenvalue weighted by Gasteiger charge is -2.17. The number of halogens is 3. The third-order valence-corrected chi connectivity index (χ3v) is 2.53. The summed E-state index contributed by atoms with van der Waals surface area (Å²) in [5, 5.41) is 9.50. The molecule has 0 unspecified atom stereocenters. The Kier molecular flexibility index (Phi) is 4.95. The van der Waals surface area contributed by atoms with Crippen LogP contribution in [-0.2, 0) is 6.18 Å². The highest BCUT2D eigenvalue weighted by Crippen LogP contribution is 2.29. The van der Waals surface area contributed by atoms with E-state index < -0.39 is 17.8 Å². The summed E-state index contributed by atoms with van der Waals surface area (Å²) < 4.78 is 37.1. The summed E-state index contributed by atoms with van der Waals surface area (Å²) >= 11 is 0. The molecule has 110 valence electrons. The lowest BCUT2D eigenvalue weighted by molar-refractivity contribution is -0.137. The van der Waals surface area contributed by atoms with Gasteiger partial charge >= 0.3 is 12.2 Å². The third-order valence-electron chi connectivity index (χ3n) is 2.53. The van der Waals surface area contributed by atoms with Gasteiger partial charge in [-0.25, -0.2) is 4.79 Å². The second kappa shape index (κ2) is 6.27. The number of rotatable bonds is 4. The third kappa shape index (κ3) is 4.79. The summed E-state index contributed by atoms with van der Waals surface area (Å²) in [4.78, 5) is 13.0. The molecule has 0 radical (unpaired) electrons. The van der Waals surface area contributed by atoms with Crippen molar-refractivity contribution in [2.24, 2.45) is 5.73 Å². The van der Waals surface area contributed by atoms with E-state index in [1.165, 1.54) is 24.1 Å². The predicted octanol–water partition coefficient (Wildman–Crippen LogP) is 2.50. The zero-order valence-corrected chi connectivity index (χ0v) is 10.8. The maximum atomic E-state index is 12.4. The molecule has 1 aromatic carbocycles. The van der Waals surface area contributed by atoms with Crippen LogP contribution >= 0.6 is 0 Å². The van der Waals surface area contributed by atoms with Crippen LogP contribution in [0, 0.1) is 5.41 Å². The summed E-state index contributed by atoms with van der Waals surface area (Å²) in [6.07, 6.45) is -4.17. The minimum atomic E-state index is -4.40. The molecule has 8 heteroatoms. The van der Waals surface area contributed by atoms with Crippen molar-refractivity contribution in [2.75, 3.05) is 18.9 Å². The van der Waals surface area contributed by atoms with Gasteiger partial charge in [0.05, 0.1) is 11.4 Å². The Bertz CT molecular complexity index is 484. The Morgan fingerprint density at radius 3 is 2.35 bits per heavy atom. The van der Waals surface area contributed by atoms with Crippen LogP contribution in [0.3, 0.4) is 0 Å². The fraction of sp³-hybridized carbons (Fsp3) is 0.333. The highest BCUT2D eigenvalue weighted by molar-refractivity contribution is 5.89. The van der Waals surface area contributed by atoms with Gasteiger partial charge in [-0.1, -0.05) is 0 Å². The van der Waals surface area contributed by atoms with Crippen molar-refractivity contribution in [3.8, 4) is 0 Å². The maximum absolute atomic E-state index is 12.4. The lowest BCUT2D eigenvalue weighted by Crippen LogP contribution is -2.33. The number of anilines is 1. The summed E-state index contributed by atoms with van der Waals surface area (Å²) in [6.45, 7) is 0.252. The number of nitrogens with one attached hydrogen (secondary N) is 2. The van der Waals surface area contributed by atoms with Gasteiger partial charge in [-0.15, -0.1) is 0 Å². The molecule has 1 aromatic rings.